The van der Waals surface area contributed by atoms with Gasteiger partial charge < -0.3 is 14.6 Å². The summed E-state index contributed by atoms with van der Waals surface area (Å²) in [6.07, 6.45) is 1.70. The van der Waals surface area contributed by atoms with Crippen LogP contribution < -0.4 is 10.1 Å². The van der Waals surface area contributed by atoms with E-state index in [9.17, 15) is 4.79 Å². The van der Waals surface area contributed by atoms with Crippen LogP contribution in [0.25, 0.3) is 22.8 Å². The van der Waals surface area contributed by atoms with Crippen molar-refractivity contribution >= 4 is 5.91 Å². The van der Waals surface area contributed by atoms with Crippen LogP contribution in [0, 0.1) is 0 Å². The van der Waals surface area contributed by atoms with Crippen molar-refractivity contribution in [1.82, 2.24) is 20.4 Å². The highest BCUT2D eigenvalue weighted by Gasteiger charge is 2.12. The van der Waals surface area contributed by atoms with E-state index in [1.54, 1.807) is 18.3 Å². The Balaban J connectivity index is 1.33. The van der Waals surface area contributed by atoms with Crippen molar-refractivity contribution in [3.63, 3.8) is 0 Å². The van der Waals surface area contributed by atoms with Gasteiger partial charge in [0, 0.05) is 17.3 Å². The molecule has 2 heterocycles. The maximum atomic E-state index is 12.1. The first kappa shape index (κ1) is 19.3. The molecule has 1 N–H and O–H groups in total. The minimum Gasteiger partial charge on any atom is -0.484 e. The van der Waals surface area contributed by atoms with Gasteiger partial charge in [0.1, 0.15) is 5.75 Å². The summed E-state index contributed by atoms with van der Waals surface area (Å²) in [6, 6.07) is 22.2. The number of rotatable bonds is 7. The molecule has 0 unspecified atom stereocenters. The van der Waals surface area contributed by atoms with Crippen LogP contribution in [0.1, 0.15) is 18.7 Å². The van der Waals surface area contributed by atoms with Crippen molar-refractivity contribution in [3.05, 3.63) is 84.7 Å². The lowest BCUT2D eigenvalue weighted by atomic mass is 10.2. The van der Waals surface area contributed by atoms with Crippen LogP contribution in [0.4, 0.5) is 0 Å². The number of hydrogen-bond acceptors (Lipinski definition) is 6. The van der Waals surface area contributed by atoms with Gasteiger partial charge in [0.2, 0.25) is 5.82 Å². The third-order valence-corrected chi connectivity index (χ3v) is 4.44. The van der Waals surface area contributed by atoms with Gasteiger partial charge in [-0.3, -0.25) is 9.78 Å². The van der Waals surface area contributed by atoms with E-state index < -0.39 is 0 Å². The summed E-state index contributed by atoms with van der Waals surface area (Å²) in [5.74, 6) is 1.30. The smallest absolute Gasteiger partial charge is 0.258 e. The summed E-state index contributed by atoms with van der Waals surface area (Å²) < 4.78 is 10.9. The Bertz CT molecular complexity index is 1100. The Morgan fingerprint density at radius 1 is 1.00 bits per heavy atom. The normalized spacial score (nSPS) is 11.6. The van der Waals surface area contributed by atoms with E-state index in [0.29, 0.717) is 17.5 Å². The van der Waals surface area contributed by atoms with Crippen LogP contribution in [0.5, 0.6) is 5.75 Å². The Hall–Kier alpha value is -4.00. The molecule has 2 aromatic heterocycles. The zero-order valence-corrected chi connectivity index (χ0v) is 16.4. The van der Waals surface area contributed by atoms with Crippen molar-refractivity contribution in [2.75, 3.05) is 6.61 Å². The number of benzene rings is 2. The van der Waals surface area contributed by atoms with Gasteiger partial charge >= 0.3 is 0 Å². The van der Waals surface area contributed by atoms with Crippen LogP contribution in [-0.4, -0.2) is 27.6 Å². The molecule has 0 saturated carbocycles. The molecule has 1 amide bonds. The number of pyridine rings is 1. The predicted molar refractivity (Wildman–Crippen MR) is 111 cm³/mol. The zero-order chi connectivity index (χ0) is 20.8. The molecule has 0 saturated heterocycles. The minimum absolute atomic E-state index is 0.0881. The molecule has 0 aliphatic carbocycles. The molecule has 7 heteroatoms. The molecule has 2 aromatic carbocycles. The number of nitrogens with one attached hydrogen (secondary N) is 1. The van der Waals surface area contributed by atoms with Crippen LogP contribution in [0.2, 0.25) is 0 Å². The maximum absolute atomic E-state index is 12.1. The van der Waals surface area contributed by atoms with E-state index in [-0.39, 0.29) is 18.6 Å². The Morgan fingerprint density at radius 3 is 2.50 bits per heavy atom. The molecule has 0 radical (unpaired) electrons. The maximum Gasteiger partial charge on any atom is 0.258 e. The highest BCUT2D eigenvalue weighted by molar-refractivity contribution is 5.78. The largest absolute Gasteiger partial charge is 0.484 e. The second-order valence-electron chi connectivity index (χ2n) is 6.65. The van der Waals surface area contributed by atoms with Gasteiger partial charge in [-0.2, -0.15) is 4.98 Å². The first-order chi connectivity index (χ1) is 14.7. The first-order valence-electron chi connectivity index (χ1n) is 9.52. The summed E-state index contributed by atoms with van der Waals surface area (Å²) in [6.45, 7) is 1.79. The third-order valence-electron chi connectivity index (χ3n) is 4.44. The second-order valence-corrected chi connectivity index (χ2v) is 6.65. The molecule has 1 atom stereocenters. The molecule has 0 fully saturated rings. The van der Waals surface area contributed by atoms with E-state index in [1.807, 2.05) is 67.6 Å². The highest BCUT2D eigenvalue weighted by atomic mass is 16.5. The van der Waals surface area contributed by atoms with Gasteiger partial charge in [-0.05, 0) is 43.3 Å². The second kappa shape index (κ2) is 9.00. The molecule has 4 rings (SSSR count). The van der Waals surface area contributed by atoms with Crippen molar-refractivity contribution in [3.8, 4) is 28.6 Å². The van der Waals surface area contributed by atoms with Crippen molar-refractivity contribution in [1.29, 1.82) is 0 Å². The highest BCUT2D eigenvalue weighted by Crippen LogP contribution is 2.24. The predicted octanol–water partition coefficient (Wildman–Crippen LogP) is 4.05. The SMILES string of the molecule is C[C@@H](NC(=O)COc1ccc(-c2nc(-c3ccccc3)no2)cc1)c1ccccn1. The van der Waals surface area contributed by atoms with E-state index in [0.717, 1.165) is 16.8 Å². The molecule has 7 nitrogen and oxygen atoms in total. The number of nitrogens with zero attached hydrogens (tertiary/aromatic N) is 3. The monoisotopic (exact) mass is 400 g/mol. The lowest BCUT2D eigenvalue weighted by molar-refractivity contribution is -0.123. The van der Waals surface area contributed by atoms with E-state index in [2.05, 4.69) is 20.4 Å². The summed E-state index contributed by atoms with van der Waals surface area (Å²) >= 11 is 0. The number of hydrogen-bond donors (Lipinski definition) is 1. The minimum atomic E-state index is -0.221. The summed E-state index contributed by atoms with van der Waals surface area (Å²) in [5.41, 5.74) is 2.45. The topological polar surface area (TPSA) is 90.1 Å². The van der Waals surface area contributed by atoms with Gasteiger partial charge in [-0.1, -0.05) is 41.6 Å². The van der Waals surface area contributed by atoms with Gasteiger partial charge in [0.25, 0.3) is 11.8 Å². The Labute approximate surface area is 173 Å². The number of amides is 1. The fourth-order valence-electron chi connectivity index (χ4n) is 2.88. The molecule has 0 bridgehead atoms. The Kier molecular flexibility index (Phi) is 5.80. The lowest BCUT2D eigenvalue weighted by Gasteiger charge is -2.13. The summed E-state index contributed by atoms with van der Waals surface area (Å²) in [7, 11) is 0. The molecule has 0 spiro atoms. The fraction of sp³-hybridized carbons (Fsp3) is 0.130. The van der Waals surface area contributed by atoms with Gasteiger partial charge in [0.05, 0.1) is 11.7 Å². The summed E-state index contributed by atoms with van der Waals surface area (Å²) in [5, 5.41) is 6.88. The van der Waals surface area contributed by atoms with Gasteiger partial charge in [0.15, 0.2) is 6.61 Å². The molecular formula is C23H20N4O3. The van der Waals surface area contributed by atoms with Crippen molar-refractivity contribution < 1.29 is 14.1 Å². The van der Waals surface area contributed by atoms with Gasteiger partial charge in [-0.15, -0.1) is 0 Å². The van der Waals surface area contributed by atoms with E-state index >= 15 is 0 Å². The van der Waals surface area contributed by atoms with Crippen LogP contribution >= 0.6 is 0 Å². The number of carbonyl (C=O) groups is 1. The standard InChI is InChI=1S/C23H20N4O3/c1-16(20-9-5-6-14-24-20)25-21(28)15-29-19-12-10-18(11-13-19)23-26-22(27-30-23)17-7-3-2-4-8-17/h2-14,16H,15H2,1H3,(H,25,28)/t16-/m1/s1. The molecular weight excluding hydrogens is 380 g/mol. The first-order valence-corrected chi connectivity index (χ1v) is 9.52. The molecule has 30 heavy (non-hydrogen) atoms. The van der Waals surface area contributed by atoms with E-state index in [1.165, 1.54) is 0 Å². The molecule has 0 aliphatic rings. The average Bonchev–Trinajstić information content (AvgIpc) is 3.29. The quantitative estimate of drug-likeness (QED) is 0.503. The zero-order valence-electron chi connectivity index (χ0n) is 16.4. The Morgan fingerprint density at radius 2 is 1.77 bits per heavy atom. The van der Waals surface area contributed by atoms with Crippen molar-refractivity contribution in [2.45, 2.75) is 13.0 Å². The lowest BCUT2D eigenvalue weighted by Crippen LogP contribution is -2.31. The van der Waals surface area contributed by atoms with Gasteiger partial charge in [-0.25, -0.2) is 0 Å². The van der Waals surface area contributed by atoms with Crippen LogP contribution in [-0.2, 0) is 4.79 Å². The number of aromatic nitrogens is 3. The van der Waals surface area contributed by atoms with Crippen LogP contribution in [0.15, 0.2) is 83.5 Å². The third kappa shape index (κ3) is 4.70. The average molecular weight is 400 g/mol. The van der Waals surface area contributed by atoms with E-state index in [4.69, 9.17) is 9.26 Å². The van der Waals surface area contributed by atoms with Crippen molar-refractivity contribution in [2.24, 2.45) is 0 Å². The molecule has 150 valence electrons. The number of carbonyl (C=O) groups excluding carboxylic acids is 1. The molecule has 4 aromatic rings. The van der Waals surface area contributed by atoms with Crippen LogP contribution in [0.3, 0.4) is 0 Å². The molecule has 0 aliphatic heterocycles. The number of ether oxygens (including phenoxy) is 1. The summed E-state index contributed by atoms with van der Waals surface area (Å²) in [4.78, 5) is 20.8. The fourth-order valence-corrected chi connectivity index (χ4v) is 2.88.